The predicted molar refractivity (Wildman–Crippen MR) is 107 cm³/mol. The summed E-state index contributed by atoms with van der Waals surface area (Å²) in [6.45, 7) is 3.50. The lowest BCUT2D eigenvalue weighted by atomic mass is 10.1. The number of nitrogens with one attached hydrogen (secondary N) is 1. The SMILES string of the molecule is CC(C)OC(=O)/C(=C\c1ccc(Cl)cc1)NC(=O)c1ccccc1I. The zero-order chi connectivity index (χ0) is 18.4. The van der Waals surface area contributed by atoms with Gasteiger partial charge in [-0.2, -0.15) is 0 Å². The number of amides is 1. The number of ether oxygens (including phenoxy) is 1. The maximum absolute atomic E-state index is 12.5. The smallest absolute Gasteiger partial charge is 0.355 e. The molecule has 0 aromatic heterocycles. The Morgan fingerprint density at radius 2 is 1.76 bits per heavy atom. The molecular formula is C19H17ClINO3. The molecule has 130 valence electrons. The predicted octanol–water partition coefficient (Wildman–Crippen LogP) is 4.67. The quantitative estimate of drug-likeness (QED) is 0.393. The van der Waals surface area contributed by atoms with Gasteiger partial charge in [-0.1, -0.05) is 35.9 Å². The highest BCUT2D eigenvalue weighted by Crippen LogP contribution is 2.15. The lowest BCUT2D eigenvalue weighted by molar-refractivity contribution is -0.142. The molecule has 0 saturated carbocycles. The molecule has 0 spiro atoms. The number of hydrogen-bond acceptors (Lipinski definition) is 3. The van der Waals surface area contributed by atoms with E-state index < -0.39 is 5.97 Å². The molecule has 0 aliphatic heterocycles. The lowest BCUT2D eigenvalue weighted by Gasteiger charge is -2.13. The summed E-state index contributed by atoms with van der Waals surface area (Å²) < 4.78 is 6.02. The van der Waals surface area contributed by atoms with Crippen molar-refractivity contribution >= 4 is 52.1 Å². The zero-order valence-electron chi connectivity index (χ0n) is 13.8. The fourth-order valence-corrected chi connectivity index (χ4v) is 2.74. The third-order valence-corrected chi connectivity index (χ3v) is 4.30. The fraction of sp³-hybridized carbons (Fsp3) is 0.158. The first-order valence-electron chi connectivity index (χ1n) is 7.61. The number of carbonyl (C=O) groups excluding carboxylic acids is 2. The monoisotopic (exact) mass is 469 g/mol. The van der Waals surface area contributed by atoms with Crippen molar-refractivity contribution in [3.63, 3.8) is 0 Å². The number of hydrogen-bond donors (Lipinski definition) is 1. The summed E-state index contributed by atoms with van der Waals surface area (Å²) in [5.74, 6) is -0.963. The van der Waals surface area contributed by atoms with Gasteiger partial charge in [0.2, 0.25) is 0 Å². The van der Waals surface area contributed by atoms with Gasteiger partial charge in [0.25, 0.3) is 5.91 Å². The molecule has 0 aliphatic carbocycles. The van der Waals surface area contributed by atoms with Crippen molar-refractivity contribution in [3.05, 3.63) is 73.9 Å². The van der Waals surface area contributed by atoms with Gasteiger partial charge in [-0.15, -0.1) is 0 Å². The first-order chi connectivity index (χ1) is 11.9. The molecular weight excluding hydrogens is 453 g/mol. The summed E-state index contributed by atoms with van der Waals surface area (Å²) in [6.07, 6.45) is 1.27. The van der Waals surface area contributed by atoms with Crippen molar-refractivity contribution in [2.75, 3.05) is 0 Å². The summed E-state index contributed by atoms with van der Waals surface area (Å²) >= 11 is 7.95. The minimum atomic E-state index is -0.593. The maximum atomic E-state index is 12.5. The Bertz CT molecular complexity index is 801. The Morgan fingerprint density at radius 1 is 1.12 bits per heavy atom. The van der Waals surface area contributed by atoms with E-state index >= 15 is 0 Å². The molecule has 1 amide bonds. The second-order valence-electron chi connectivity index (χ2n) is 5.50. The van der Waals surface area contributed by atoms with Crippen molar-refractivity contribution in [3.8, 4) is 0 Å². The summed E-state index contributed by atoms with van der Waals surface area (Å²) in [6, 6.07) is 14.1. The zero-order valence-corrected chi connectivity index (χ0v) is 16.7. The Hall–Kier alpha value is -1.86. The van der Waals surface area contributed by atoms with Gasteiger partial charge in [0, 0.05) is 8.59 Å². The highest BCUT2D eigenvalue weighted by molar-refractivity contribution is 14.1. The van der Waals surface area contributed by atoms with Crippen LogP contribution in [0.4, 0.5) is 0 Å². The molecule has 2 aromatic rings. The molecule has 0 atom stereocenters. The second kappa shape index (κ2) is 9.01. The molecule has 2 rings (SSSR count). The van der Waals surface area contributed by atoms with Gasteiger partial charge in [0.1, 0.15) is 5.70 Å². The van der Waals surface area contributed by atoms with Crippen LogP contribution in [0.25, 0.3) is 6.08 Å². The van der Waals surface area contributed by atoms with Crippen LogP contribution in [0, 0.1) is 3.57 Å². The minimum absolute atomic E-state index is 0.0701. The van der Waals surface area contributed by atoms with Crippen molar-refractivity contribution in [1.82, 2.24) is 5.32 Å². The maximum Gasteiger partial charge on any atom is 0.355 e. The van der Waals surface area contributed by atoms with E-state index in [0.29, 0.717) is 10.6 Å². The molecule has 25 heavy (non-hydrogen) atoms. The molecule has 0 heterocycles. The van der Waals surface area contributed by atoms with Crippen molar-refractivity contribution < 1.29 is 14.3 Å². The van der Waals surface area contributed by atoms with E-state index in [0.717, 1.165) is 9.13 Å². The number of carbonyl (C=O) groups is 2. The molecule has 2 aromatic carbocycles. The Kier molecular flexibility index (Phi) is 7.01. The average Bonchev–Trinajstić information content (AvgIpc) is 2.56. The van der Waals surface area contributed by atoms with Crippen LogP contribution in [0.3, 0.4) is 0 Å². The van der Waals surface area contributed by atoms with Gasteiger partial charge >= 0.3 is 5.97 Å². The summed E-state index contributed by atoms with van der Waals surface area (Å²) in [7, 11) is 0. The van der Waals surface area contributed by atoms with Crippen LogP contribution >= 0.6 is 34.2 Å². The molecule has 0 unspecified atom stereocenters. The molecule has 0 fully saturated rings. The number of rotatable bonds is 5. The molecule has 1 N–H and O–H groups in total. The normalized spacial score (nSPS) is 11.3. The van der Waals surface area contributed by atoms with Gasteiger partial charge in [-0.05, 0) is 72.3 Å². The van der Waals surface area contributed by atoms with Gasteiger partial charge in [-0.3, -0.25) is 4.79 Å². The fourth-order valence-electron chi connectivity index (χ4n) is 1.98. The molecule has 0 bridgehead atoms. The minimum Gasteiger partial charge on any atom is -0.458 e. The second-order valence-corrected chi connectivity index (χ2v) is 7.10. The van der Waals surface area contributed by atoms with Crippen LogP contribution in [0.15, 0.2) is 54.2 Å². The van der Waals surface area contributed by atoms with Crippen LogP contribution < -0.4 is 5.32 Å². The van der Waals surface area contributed by atoms with Crippen LogP contribution in [0.2, 0.25) is 5.02 Å². The largest absolute Gasteiger partial charge is 0.458 e. The third-order valence-electron chi connectivity index (χ3n) is 3.11. The lowest BCUT2D eigenvalue weighted by Crippen LogP contribution is -2.30. The first-order valence-corrected chi connectivity index (χ1v) is 9.06. The summed E-state index contributed by atoms with van der Waals surface area (Å²) in [4.78, 5) is 24.9. The highest BCUT2D eigenvalue weighted by Gasteiger charge is 2.18. The van der Waals surface area contributed by atoms with Gasteiger partial charge in [0.05, 0.1) is 11.7 Å². The Balaban J connectivity index is 2.31. The van der Waals surface area contributed by atoms with Crippen LogP contribution in [-0.4, -0.2) is 18.0 Å². The molecule has 4 nitrogen and oxygen atoms in total. The van der Waals surface area contributed by atoms with E-state index in [1.807, 2.05) is 12.1 Å². The number of halogens is 2. The van der Waals surface area contributed by atoms with Crippen LogP contribution in [0.5, 0.6) is 0 Å². The van der Waals surface area contributed by atoms with Gasteiger partial charge in [0.15, 0.2) is 0 Å². The summed E-state index contributed by atoms with van der Waals surface area (Å²) in [5, 5.41) is 3.24. The van der Waals surface area contributed by atoms with Crippen molar-refractivity contribution in [1.29, 1.82) is 0 Å². The summed E-state index contributed by atoms with van der Waals surface area (Å²) in [5.41, 5.74) is 1.28. The van der Waals surface area contributed by atoms with E-state index in [9.17, 15) is 9.59 Å². The standard InChI is InChI=1S/C19H17ClINO3/c1-12(2)25-19(24)17(11-13-7-9-14(20)10-8-13)22-18(23)15-5-3-4-6-16(15)21/h3-12H,1-2H3,(H,22,23)/b17-11+. The van der Waals surface area contributed by atoms with Crippen LogP contribution in [0.1, 0.15) is 29.8 Å². The third kappa shape index (κ3) is 5.86. The van der Waals surface area contributed by atoms with Crippen molar-refractivity contribution in [2.45, 2.75) is 20.0 Å². The topological polar surface area (TPSA) is 55.4 Å². The van der Waals surface area contributed by atoms with Crippen molar-refractivity contribution in [2.24, 2.45) is 0 Å². The van der Waals surface area contributed by atoms with E-state index in [1.54, 1.807) is 56.3 Å². The number of esters is 1. The molecule has 0 aliphatic rings. The average molecular weight is 470 g/mol. The van der Waals surface area contributed by atoms with E-state index in [1.165, 1.54) is 0 Å². The first kappa shape index (κ1) is 19.5. The Morgan fingerprint density at radius 3 is 2.36 bits per heavy atom. The molecule has 6 heteroatoms. The van der Waals surface area contributed by atoms with Gasteiger partial charge in [-0.25, -0.2) is 4.79 Å². The highest BCUT2D eigenvalue weighted by atomic mass is 127. The molecule has 0 radical (unpaired) electrons. The molecule has 0 saturated heterocycles. The number of benzene rings is 2. The van der Waals surface area contributed by atoms with E-state index in [-0.39, 0.29) is 17.7 Å². The van der Waals surface area contributed by atoms with Crippen LogP contribution in [-0.2, 0) is 9.53 Å². The Labute approximate surface area is 165 Å². The van der Waals surface area contributed by atoms with Gasteiger partial charge < -0.3 is 10.1 Å². The van der Waals surface area contributed by atoms with E-state index in [2.05, 4.69) is 27.9 Å². The van der Waals surface area contributed by atoms with E-state index in [4.69, 9.17) is 16.3 Å².